The summed E-state index contributed by atoms with van der Waals surface area (Å²) < 4.78 is 5.66. The molecule has 2 aromatic rings. The SMILES string of the molecule is COC(=O)c1ccc2c(I)c[nH]c2n1. The monoisotopic (exact) mass is 302 g/mol. The number of ether oxygens (including phenoxy) is 1. The van der Waals surface area contributed by atoms with Crippen LogP contribution in [0.3, 0.4) is 0 Å². The number of carbonyl (C=O) groups excluding carboxylic acids is 1. The Balaban J connectivity index is 2.57. The summed E-state index contributed by atoms with van der Waals surface area (Å²) in [6.45, 7) is 0. The van der Waals surface area contributed by atoms with Gasteiger partial charge in [0, 0.05) is 15.2 Å². The molecule has 2 aromatic heterocycles. The fourth-order valence-corrected chi connectivity index (χ4v) is 1.78. The third-order valence-electron chi connectivity index (χ3n) is 1.88. The molecule has 0 saturated carbocycles. The smallest absolute Gasteiger partial charge is 0.356 e. The first-order valence-corrected chi connectivity index (χ1v) is 5.02. The molecule has 0 aliphatic heterocycles. The first-order valence-electron chi connectivity index (χ1n) is 3.94. The highest BCUT2D eigenvalue weighted by Gasteiger charge is 2.09. The van der Waals surface area contributed by atoms with Crippen molar-refractivity contribution in [2.24, 2.45) is 0 Å². The number of rotatable bonds is 1. The van der Waals surface area contributed by atoms with Crippen molar-refractivity contribution in [3.05, 3.63) is 27.6 Å². The van der Waals surface area contributed by atoms with Crippen molar-refractivity contribution in [1.82, 2.24) is 9.97 Å². The van der Waals surface area contributed by atoms with Crippen LogP contribution in [-0.2, 0) is 4.74 Å². The number of halogens is 1. The largest absolute Gasteiger partial charge is 0.464 e. The summed E-state index contributed by atoms with van der Waals surface area (Å²) >= 11 is 2.20. The van der Waals surface area contributed by atoms with Crippen LogP contribution in [0.2, 0.25) is 0 Å². The Morgan fingerprint density at radius 2 is 2.36 bits per heavy atom. The molecule has 0 radical (unpaired) electrons. The molecule has 0 bridgehead atoms. The lowest BCUT2D eigenvalue weighted by Gasteiger charge is -1.97. The molecular weight excluding hydrogens is 295 g/mol. The van der Waals surface area contributed by atoms with Crippen molar-refractivity contribution in [2.45, 2.75) is 0 Å². The van der Waals surface area contributed by atoms with E-state index < -0.39 is 5.97 Å². The molecule has 0 amide bonds. The van der Waals surface area contributed by atoms with E-state index in [9.17, 15) is 4.79 Å². The second kappa shape index (κ2) is 3.56. The van der Waals surface area contributed by atoms with Crippen LogP contribution in [-0.4, -0.2) is 23.0 Å². The van der Waals surface area contributed by atoms with Crippen LogP contribution < -0.4 is 0 Å². The van der Waals surface area contributed by atoms with Gasteiger partial charge in [-0.05, 0) is 34.7 Å². The number of aromatic amines is 1. The van der Waals surface area contributed by atoms with E-state index in [0.717, 1.165) is 8.96 Å². The number of hydrogen-bond acceptors (Lipinski definition) is 3. The van der Waals surface area contributed by atoms with Crippen LogP contribution in [0, 0.1) is 3.57 Å². The quantitative estimate of drug-likeness (QED) is 0.647. The molecule has 5 heteroatoms. The summed E-state index contributed by atoms with van der Waals surface area (Å²) in [6.07, 6.45) is 1.85. The molecule has 0 spiro atoms. The summed E-state index contributed by atoms with van der Waals surface area (Å²) in [5, 5.41) is 1.01. The van der Waals surface area contributed by atoms with Crippen LogP contribution in [0.25, 0.3) is 11.0 Å². The van der Waals surface area contributed by atoms with Crippen molar-refractivity contribution in [3.63, 3.8) is 0 Å². The predicted molar refractivity (Wildman–Crippen MR) is 60.2 cm³/mol. The number of hydrogen-bond donors (Lipinski definition) is 1. The Morgan fingerprint density at radius 3 is 3.07 bits per heavy atom. The highest BCUT2D eigenvalue weighted by Crippen LogP contribution is 2.18. The first kappa shape index (κ1) is 9.45. The Labute approximate surface area is 93.8 Å². The number of H-pyrrole nitrogens is 1. The number of esters is 1. The van der Waals surface area contributed by atoms with Crippen LogP contribution in [0.1, 0.15) is 10.5 Å². The summed E-state index contributed by atoms with van der Waals surface area (Å²) in [5.74, 6) is -0.420. The number of carbonyl (C=O) groups is 1. The Hall–Kier alpha value is -1.11. The first-order chi connectivity index (χ1) is 6.72. The van der Waals surface area contributed by atoms with E-state index in [-0.39, 0.29) is 0 Å². The van der Waals surface area contributed by atoms with Crippen molar-refractivity contribution in [1.29, 1.82) is 0 Å². The highest BCUT2D eigenvalue weighted by molar-refractivity contribution is 14.1. The zero-order valence-electron chi connectivity index (χ0n) is 7.37. The van der Waals surface area contributed by atoms with Gasteiger partial charge in [-0.1, -0.05) is 0 Å². The number of aromatic nitrogens is 2. The van der Waals surface area contributed by atoms with Crippen molar-refractivity contribution in [2.75, 3.05) is 7.11 Å². The Bertz CT molecular complexity index is 493. The minimum atomic E-state index is -0.420. The molecule has 2 rings (SSSR count). The maximum Gasteiger partial charge on any atom is 0.356 e. The molecule has 0 saturated heterocycles. The number of nitrogens with zero attached hydrogens (tertiary/aromatic N) is 1. The maximum atomic E-state index is 11.2. The van der Waals surface area contributed by atoms with E-state index in [1.54, 1.807) is 6.07 Å². The molecule has 0 unspecified atom stereocenters. The van der Waals surface area contributed by atoms with Gasteiger partial charge in [-0.2, -0.15) is 0 Å². The Morgan fingerprint density at radius 1 is 1.57 bits per heavy atom. The van der Waals surface area contributed by atoms with E-state index >= 15 is 0 Å². The Kier molecular flexibility index (Phi) is 2.40. The van der Waals surface area contributed by atoms with Crippen molar-refractivity contribution in [3.8, 4) is 0 Å². The van der Waals surface area contributed by atoms with Gasteiger partial charge in [-0.15, -0.1) is 0 Å². The van der Waals surface area contributed by atoms with Crippen molar-refractivity contribution >= 4 is 39.6 Å². The van der Waals surface area contributed by atoms with Crippen LogP contribution in [0.15, 0.2) is 18.3 Å². The summed E-state index contributed by atoms with van der Waals surface area (Å²) in [5.41, 5.74) is 1.02. The third-order valence-corrected chi connectivity index (χ3v) is 2.78. The van der Waals surface area contributed by atoms with E-state index in [4.69, 9.17) is 0 Å². The van der Waals surface area contributed by atoms with Gasteiger partial charge in [0.1, 0.15) is 5.65 Å². The van der Waals surface area contributed by atoms with E-state index in [2.05, 4.69) is 37.3 Å². The zero-order chi connectivity index (χ0) is 10.1. The van der Waals surface area contributed by atoms with Gasteiger partial charge in [-0.25, -0.2) is 9.78 Å². The van der Waals surface area contributed by atoms with E-state index in [1.165, 1.54) is 7.11 Å². The standard InChI is InChI=1S/C9H7IN2O2/c1-14-9(13)7-3-2-5-6(10)4-11-8(5)12-7/h2-4H,1H3,(H,11,12). The van der Waals surface area contributed by atoms with Crippen LogP contribution in [0.4, 0.5) is 0 Å². The second-order valence-electron chi connectivity index (χ2n) is 2.72. The number of pyridine rings is 1. The normalized spacial score (nSPS) is 10.4. The zero-order valence-corrected chi connectivity index (χ0v) is 9.53. The lowest BCUT2D eigenvalue weighted by atomic mass is 10.3. The summed E-state index contributed by atoms with van der Waals surface area (Å²) in [6, 6.07) is 3.51. The predicted octanol–water partition coefficient (Wildman–Crippen LogP) is 1.95. The molecule has 0 fully saturated rings. The fourth-order valence-electron chi connectivity index (χ4n) is 1.19. The van der Waals surface area contributed by atoms with Gasteiger partial charge in [0.05, 0.1) is 7.11 Å². The molecule has 1 N–H and O–H groups in total. The lowest BCUT2D eigenvalue weighted by Crippen LogP contribution is -2.03. The average Bonchev–Trinajstić information content (AvgIpc) is 2.59. The highest BCUT2D eigenvalue weighted by atomic mass is 127. The van der Waals surface area contributed by atoms with Gasteiger partial charge >= 0.3 is 5.97 Å². The van der Waals surface area contributed by atoms with Gasteiger partial charge in [0.25, 0.3) is 0 Å². The average molecular weight is 302 g/mol. The van der Waals surface area contributed by atoms with E-state index in [0.29, 0.717) is 11.3 Å². The van der Waals surface area contributed by atoms with Crippen LogP contribution in [0.5, 0.6) is 0 Å². The van der Waals surface area contributed by atoms with Gasteiger partial charge < -0.3 is 9.72 Å². The van der Waals surface area contributed by atoms with Gasteiger partial charge in [-0.3, -0.25) is 0 Å². The molecule has 0 aliphatic carbocycles. The minimum absolute atomic E-state index is 0.318. The number of fused-ring (bicyclic) bond motifs is 1. The molecule has 0 aliphatic rings. The third kappa shape index (κ3) is 1.47. The summed E-state index contributed by atoms with van der Waals surface area (Å²) in [4.78, 5) is 18.3. The molecular formula is C9H7IN2O2. The van der Waals surface area contributed by atoms with Gasteiger partial charge in [0.15, 0.2) is 5.69 Å². The second-order valence-corrected chi connectivity index (χ2v) is 3.88. The topological polar surface area (TPSA) is 55.0 Å². The number of nitrogens with one attached hydrogen (secondary N) is 1. The minimum Gasteiger partial charge on any atom is -0.464 e. The summed E-state index contributed by atoms with van der Waals surface area (Å²) in [7, 11) is 1.34. The molecule has 4 nitrogen and oxygen atoms in total. The molecule has 0 aromatic carbocycles. The fraction of sp³-hybridized carbons (Fsp3) is 0.111. The molecule has 14 heavy (non-hydrogen) atoms. The van der Waals surface area contributed by atoms with E-state index in [1.807, 2.05) is 12.3 Å². The van der Waals surface area contributed by atoms with Crippen LogP contribution >= 0.6 is 22.6 Å². The maximum absolute atomic E-state index is 11.2. The molecule has 0 atom stereocenters. The molecule has 2 heterocycles. The molecule has 72 valence electrons. The lowest BCUT2D eigenvalue weighted by molar-refractivity contribution is 0.0594. The van der Waals surface area contributed by atoms with Gasteiger partial charge in [0.2, 0.25) is 0 Å². The number of methoxy groups -OCH3 is 1. The van der Waals surface area contributed by atoms with Crippen molar-refractivity contribution < 1.29 is 9.53 Å².